The fraction of sp³-hybridized carbons (Fsp3) is 0.188. The van der Waals surface area contributed by atoms with E-state index < -0.39 is 0 Å². The Bertz CT molecular complexity index is 740. The van der Waals surface area contributed by atoms with E-state index in [0.29, 0.717) is 16.1 Å². The highest BCUT2D eigenvalue weighted by molar-refractivity contribution is 7.14. The molecule has 0 aliphatic heterocycles. The summed E-state index contributed by atoms with van der Waals surface area (Å²) in [5.41, 5.74) is 1.92. The van der Waals surface area contributed by atoms with Crippen LogP contribution in [-0.4, -0.2) is 17.6 Å². The van der Waals surface area contributed by atoms with Crippen LogP contribution in [-0.2, 0) is 0 Å². The lowest BCUT2D eigenvalue weighted by atomic mass is 10.2. The number of aliphatic hydroxyl groups excluding tert-OH is 1. The third-order valence-corrected chi connectivity index (χ3v) is 3.99. The quantitative estimate of drug-likeness (QED) is 0.838. The van der Waals surface area contributed by atoms with Crippen LogP contribution in [0.2, 0.25) is 0 Å². The highest BCUT2D eigenvalue weighted by Gasteiger charge is 2.12. The van der Waals surface area contributed by atoms with Gasteiger partial charge in [0.1, 0.15) is 12.4 Å². The number of thiophene rings is 1. The van der Waals surface area contributed by atoms with Gasteiger partial charge in [0.05, 0.1) is 9.75 Å². The Morgan fingerprint density at radius 3 is 2.76 bits per heavy atom. The summed E-state index contributed by atoms with van der Waals surface area (Å²) >= 11 is 1.26. The molecule has 0 fully saturated rings. The van der Waals surface area contributed by atoms with Crippen LogP contribution in [0, 0.1) is 31.5 Å². The van der Waals surface area contributed by atoms with E-state index in [0.717, 1.165) is 10.4 Å². The third kappa shape index (κ3) is 3.69. The van der Waals surface area contributed by atoms with Crippen molar-refractivity contribution in [3.8, 4) is 11.8 Å². The monoisotopic (exact) mass is 303 g/mol. The summed E-state index contributed by atoms with van der Waals surface area (Å²) in [6.07, 6.45) is 0. The summed E-state index contributed by atoms with van der Waals surface area (Å²) in [4.78, 5) is 13.4. The second-order valence-electron chi connectivity index (χ2n) is 4.50. The summed E-state index contributed by atoms with van der Waals surface area (Å²) in [6, 6.07) is 6.17. The van der Waals surface area contributed by atoms with Crippen molar-refractivity contribution in [2.45, 2.75) is 13.8 Å². The maximum Gasteiger partial charge on any atom is 0.265 e. The van der Waals surface area contributed by atoms with Gasteiger partial charge in [-0.2, -0.15) is 0 Å². The molecule has 1 aromatic carbocycles. The number of carbonyl (C=O) groups excluding carboxylic acids is 1. The lowest BCUT2D eigenvalue weighted by Crippen LogP contribution is -2.10. The number of halogens is 1. The van der Waals surface area contributed by atoms with Gasteiger partial charge in [-0.05, 0) is 49.2 Å². The number of hydrogen-bond donors (Lipinski definition) is 2. The zero-order valence-corrected chi connectivity index (χ0v) is 12.5. The van der Waals surface area contributed by atoms with Crippen LogP contribution in [0.15, 0.2) is 24.3 Å². The zero-order valence-electron chi connectivity index (χ0n) is 11.7. The van der Waals surface area contributed by atoms with Crippen molar-refractivity contribution in [2.24, 2.45) is 0 Å². The first-order valence-electron chi connectivity index (χ1n) is 6.29. The van der Waals surface area contributed by atoms with Gasteiger partial charge in [0.15, 0.2) is 0 Å². The van der Waals surface area contributed by atoms with Crippen molar-refractivity contribution >= 4 is 22.9 Å². The minimum atomic E-state index is -0.304. The van der Waals surface area contributed by atoms with Crippen molar-refractivity contribution < 1.29 is 14.3 Å². The first-order valence-corrected chi connectivity index (χ1v) is 7.10. The molecule has 0 atom stereocenters. The predicted octanol–water partition coefficient (Wildman–Crippen LogP) is 3.10. The van der Waals surface area contributed by atoms with E-state index in [1.807, 2.05) is 6.92 Å². The first-order chi connectivity index (χ1) is 10.0. The van der Waals surface area contributed by atoms with Gasteiger partial charge in [-0.1, -0.05) is 11.8 Å². The number of anilines is 1. The molecular formula is C16H14FNO2S. The Balaban J connectivity index is 2.18. The molecule has 2 aromatic rings. The molecule has 21 heavy (non-hydrogen) atoms. The van der Waals surface area contributed by atoms with E-state index in [1.54, 1.807) is 19.1 Å². The zero-order chi connectivity index (χ0) is 15.4. The summed E-state index contributed by atoms with van der Waals surface area (Å²) in [5.74, 6) is 4.81. The molecule has 0 aliphatic carbocycles. The highest BCUT2D eigenvalue weighted by atomic mass is 32.1. The van der Waals surface area contributed by atoms with Crippen LogP contribution >= 0.6 is 11.3 Å². The largest absolute Gasteiger partial charge is 0.384 e. The molecular weight excluding hydrogens is 289 g/mol. The number of carbonyl (C=O) groups is 1. The molecule has 0 saturated heterocycles. The van der Waals surface area contributed by atoms with Gasteiger partial charge >= 0.3 is 0 Å². The Morgan fingerprint density at radius 1 is 1.33 bits per heavy atom. The number of hydrogen-bond acceptors (Lipinski definition) is 3. The van der Waals surface area contributed by atoms with Gasteiger partial charge in [0, 0.05) is 5.69 Å². The number of nitrogens with one attached hydrogen (secondary N) is 1. The molecule has 0 unspecified atom stereocenters. The van der Waals surface area contributed by atoms with Crippen LogP contribution in [0.1, 0.15) is 25.7 Å². The van der Waals surface area contributed by atoms with Crippen molar-refractivity contribution in [3.63, 3.8) is 0 Å². The molecule has 108 valence electrons. The normalized spacial score (nSPS) is 9.90. The standard InChI is InChI=1S/C16H14FNO2S/c1-10-8-12(5-6-13(10)17)18-16(20)15-9-11(2)14(21-15)4-3-7-19/h5-6,8-9,19H,7H2,1-2H3,(H,18,20). The minimum Gasteiger partial charge on any atom is -0.384 e. The SMILES string of the molecule is Cc1cc(NC(=O)c2cc(C)c(C#CCO)s2)ccc1F. The second-order valence-corrected chi connectivity index (χ2v) is 5.55. The summed E-state index contributed by atoms with van der Waals surface area (Å²) in [7, 11) is 0. The number of aryl methyl sites for hydroxylation is 2. The first kappa shape index (κ1) is 15.2. The summed E-state index contributed by atoms with van der Waals surface area (Å²) in [6.45, 7) is 3.29. The van der Waals surface area contributed by atoms with Gasteiger partial charge in [-0.25, -0.2) is 4.39 Å². The number of benzene rings is 1. The fourth-order valence-corrected chi connectivity index (χ4v) is 2.70. The van der Waals surface area contributed by atoms with Gasteiger partial charge in [-0.15, -0.1) is 11.3 Å². The van der Waals surface area contributed by atoms with Crippen LogP contribution in [0.5, 0.6) is 0 Å². The molecule has 0 aliphatic rings. The van der Waals surface area contributed by atoms with Gasteiger partial charge in [0.2, 0.25) is 0 Å². The van der Waals surface area contributed by atoms with Gasteiger partial charge < -0.3 is 10.4 Å². The number of rotatable bonds is 2. The number of amides is 1. The lowest BCUT2D eigenvalue weighted by Gasteiger charge is -2.05. The maximum atomic E-state index is 13.2. The molecule has 3 nitrogen and oxygen atoms in total. The Morgan fingerprint density at radius 2 is 2.10 bits per heavy atom. The Kier molecular flexibility index (Phi) is 4.73. The van der Waals surface area contributed by atoms with E-state index in [4.69, 9.17) is 5.11 Å². The van der Waals surface area contributed by atoms with Gasteiger partial charge in [-0.3, -0.25) is 4.79 Å². The average molecular weight is 303 g/mol. The highest BCUT2D eigenvalue weighted by Crippen LogP contribution is 2.22. The molecule has 1 amide bonds. The molecule has 2 rings (SSSR count). The fourth-order valence-electron chi connectivity index (χ4n) is 1.75. The average Bonchev–Trinajstić information content (AvgIpc) is 2.82. The smallest absolute Gasteiger partial charge is 0.265 e. The second kappa shape index (κ2) is 6.53. The van der Waals surface area contributed by atoms with Crippen LogP contribution in [0.3, 0.4) is 0 Å². The van der Waals surface area contributed by atoms with E-state index in [9.17, 15) is 9.18 Å². The Labute approximate surface area is 126 Å². The van der Waals surface area contributed by atoms with E-state index in [2.05, 4.69) is 17.2 Å². The molecule has 0 radical (unpaired) electrons. The molecule has 1 aromatic heterocycles. The van der Waals surface area contributed by atoms with Crippen LogP contribution < -0.4 is 5.32 Å². The van der Waals surface area contributed by atoms with Crippen molar-refractivity contribution in [1.29, 1.82) is 0 Å². The topological polar surface area (TPSA) is 49.3 Å². The van der Waals surface area contributed by atoms with E-state index in [1.165, 1.54) is 23.5 Å². The van der Waals surface area contributed by atoms with Crippen molar-refractivity contribution in [3.05, 3.63) is 51.0 Å². The van der Waals surface area contributed by atoms with Crippen molar-refractivity contribution in [1.82, 2.24) is 0 Å². The summed E-state index contributed by atoms with van der Waals surface area (Å²) < 4.78 is 13.2. The van der Waals surface area contributed by atoms with Gasteiger partial charge in [0.25, 0.3) is 5.91 Å². The van der Waals surface area contributed by atoms with E-state index in [-0.39, 0.29) is 18.3 Å². The van der Waals surface area contributed by atoms with Crippen molar-refractivity contribution in [2.75, 3.05) is 11.9 Å². The van der Waals surface area contributed by atoms with E-state index >= 15 is 0 Å². The lowest BCUT2D eigenvalue weighted by molar-refractivity contribution is 0.103. The minimum absolute atomic E-state index is 0.215. The Hall–Kier alpha value is -2.16. The van der Waals surface area contributed by atoms with Crippen LogP contribution in [0.25, 0.3) is 0 Å². The molecule has 2 N–H and O–H groups in total. The molecule has 5 heteroatoms. The molecule has 0 spiro atoms. The molecule has 0 saturated carbocycles. The predicted molar refractivity (Wildman–Crippen MR) is 82.1 cm³/mol. The molecule has 0 bridgehead atoms. The van der Waals surface area contributed by atoms with Crippen LogP contribution in [0.4, 0.5) is 10.1 Å². The number of aliphatic hydroxyl groups is 1. The third-order valence-electron chi connectivity index (χ3n) is 2.84. The summed E-state index contributed by atoms with van der Waals surface area (Å²) in [5, 5.41) is 11.4. The maximum absolute atomic E-state index is 13.2. The molecule has 1 heterocycles.